The molecule has 0 saturated carbocycles. The molecule has 1 aromatic carbocycles. The highest BCUT2D eigenvalue weighted by molar-refractivity contribution is 7.17. The van der Waals surface area contributed by atoms with Crippen LogP contribution in [-0.2, 0) is 0 Å². The average molecular weight is 348 g/mol. The molecule has 3 rings (SSSR count). The van der Waals surface area contributed by atoms with Crippen LogP contribution in [0.4, 0.5) is 5.69 Å². The highest BCUT2D eigenvalue weighted by atomic mass is 35.5. The first-order chi connectivity index (χ1) is 10.7. The summed E-state index contributed by atoms with van der Waals surface area (Å²) in [5.41, 5.74) is 4.70. The van der Waals surface area contributed by atoms with E-state index in [1.54, 1.807) is 6.92 Å². The first-order valence-electron chi connectivity index (χ1n) is 7.92. The highest BCUT2D eigenvalue weighted by Crippen LogP contribution is 2.48. The predicted octanol–water partition coefficient (Wildman–Crippen LogP) is 6.28. The molecule has 0 aliphatic carbocycles. The second kappa shape index (κ2) is 5.64. The van der Waals surface area contributed by atoms with E-state index in [0.717, 1.165) is 26.8 Å². The number of halogens is 1. The topological polar surface area (TPSA) is 29.1 Å². The number of anilines is 1. The van der Waals surface area contributed by atoms with Gasteiger partial charge in [0.2, 0.25) is 0 Å². The van der Waals surface area contributed by atoms with Crippen molar-refractivity contribution in [3.8, 4) is 10.4 Å². The van der Waals surface area contributed by atoms with Gasteiger partial charge in [-0.05, 0) is 69.4 Å². The van der Waals surface area contributed by atoms with Crippen LogP contribution in [0.2, 0.25) is 5.02 Å². The summed E-state index contributed by atoms with van der Waals surface area (Å²) in [7, 11) is 0. The summed E-state index contributed by atoms with van der Waals surface area (Å²) in [6.45, 7) is 10.4. The van der Waals surface area contributed by atoms with Crippen molar-refractivity contribution in [3.63, 3.8) is 0 Å². The number of hydrogen-bond donors (Lipinski definition) is 1. The molecule has 2 nitrogen and oxygen atoms in total. The van der Waals surface area contributed by atoms with Crippen LogP contribution in [0.1, 0.15) is 60.8 Å². The molecule has 0 spiro atoms. The van der Waals surface area contributed by atoms with Crippen molar-refractivity contribution in [2.24, 2.45) is 0 Å². The Morgan fingerprint density at radius 2 is 2.09 bits per heavy atom. The number of aryl methyl sites for hydroxylation is 1. The van der Waals surface area contributed by atoms with Crippen LogP contribution in [0.25, 0.3) is 10.4 Å². The third kappa shape index (κ3) is 2.92. The van der Waals surface area contributed by atoms with Gasteiger partial charge in [0.15, 0.2) is 5.78 Å². The molecule has 0 fully saturated rings. The second-order valence-electron chi connectivity index (χ2n) is 7.18. The zero-order valence-electron chi connectivity index (χ0n) is 14.2. The third-order valence-electron chi connectivity index (χ3n) is 4.49. The van der Waals surface area contributed by atoms with Gasteiger partial charge in [-0.2, -0.15) is 0 Å². The van der Waals surface area contributed by atoms with E-state index in [1.165, 1.54) is 28.2 Å². The molecule has 1 aromatic heterocycles. The standard InChI is InChI=1S/C19H22ClNOS/c1-10-8-13(15-7-6-14(23-15)12(3)22)17(20)16-11(2)9-19(4,5)21-18(10)16/h6-8,11,21H,9H2,1-5H3. The summed E-state index contributed by atoms with van der Waals surface area (Å²) in [5.74, 6) is 0.503. The number of ketones is 1. The number of thiophene rings is 1. The molecule has 2 heterocycles. The van der Waals surface area contributed by atoms with Crippen molar-refractivity contribution in [3.05, 3.63) is 39.2 Å². The fourth-order valence-corrected chi connectivity index (χ4v) is 4.97. The molecule has 1 unspecified atom stereocenters. The largest absolute Gasteiger partial charge is 0.380 e. The van der Waals surface area contributed by atoms with E-state index in [9.17, 15) is 4.79 Å². The molecule has 4 heteroatoms. The van der Waals surface area contributed by atoms with Gasteiger partial charge in [0, 0.05) is 21.7 Å². The lowest BCUT2D eigenvalue weighted by atomic mass is 9.80. The van der Waals surface area contributed by atoms with E-state index < -0.39 is 0 Å². The Morgan fingerprint density at radius 1 is 1.39 bits per heavy atom. The van der Waals surface area contributed by atoms with Crippen molar-refractivity contribution in [1.29, 1.82) is 0 Å². The minimum absolute atomic E-state index is 0.0761. The van der Waals surface area contributed by atoms with Crippen molar-refractivity contribution in [2.45, 2.75) is 52.5 Å². The molecule has 1 atom stereocenters. The smallest absolute Gasteiger partial charge is 0.169 e. The van der Waals surface area contributed by atoms with E-state index >= 15 is 0 Å². The van der Waals surface area contributed by atoms with Crippen LogP contribution in [0.15, 0.2) is 18.2 Å². The van der Waals surface area contributed by atoms with E-state index in [1.807, 2.05) is 12.1 Å². The molecule has 0 saturated heterocycles. The maximum atomic E-state index is 11.6. The number of nitrogens with one attached hydrogen (secondary N) is 1. The lowest BCUT2D eigenvalue weighted by Crippen LogP contribution is -2.37. The van der Waals surface area contributed by atoms with Crippen molar-refractivity contribution >= 4 is 34.4 Å². The normalized spacial score (nSPS) is 19.1. The van der Waals surface area contributed by atoms with Gasteiger partial charge in [-0.25, -0.2) is 0 Å². The summed E-state index contributed by atoms with van der Waals surface area (Å²) in [6, 6.07) is 6.02. The molecule has 2 aromatic rings. The number of rotatable bonds is 2. The van der Waals surface area contributed by atoms with Crippen LogP contribution in [0, 0.1) is 6.92 Å². The Bertz CT molecular complexity index is 791. The van der Waals surface area contributed by atoms with Gasteiger partial charge in [-0.3, -0.25) is 4.79 Å². The van der Waals surface area contributed by atoms with E-state index in [0.29, 0.717) is 5.92 Å². The molecule has 0 radical (unpaired) electrons. The quantitative estimate of drug-likeness (QED) is 0.648. The van der Waals surface area contributed by atoms with Crippen molar-refractivity contribution in [2.75, 3.05) is 5.32 Å². The summed E-state index contributed by atoms with van der Waals surface area (Å²) < 4.78 is 0. The van der Waals surface area contributed by atoms with Gasteiger partial charge in [-0.15, -0.1) is 11.3 Å². The van der Waals surface area contributed by atoms with Crippen LogP contribution in [-0.4, -0.2) is 11.3 Å². The van der Waals surface area contributed by atoms with Gasteiger partial charge in [0.05, 0.1) is 9.90 Å². The molecule has 1 N–H and O–H groups in total. The minimum atomic E-state index is 0.0761. The average Bonchev–Trinajstić information content (AvgIpc) is 2.90. The van der Waals surface area contributed by atoms with Gasteiger partial charge in [-0.1, -0.05) is 18.5 Å². The summed E-state index contributed by atoms with van der Waals surface area (Å²) in [6.07, 6.45) is 1.05. The van der Waals surface area contributed by atoms with Gasteiger partial charge >= 0.3 is 0 Å². The van der Waals surface area contributed by atoms with Crippen LogP contribution < -0.4 is 5.32 Å². The van der Waals surface area contributed by atoms with Crippen LogP contribution >= 0.6 is 22.9 Å². The Kier molecular flexibility index (Phi) is 4.06. The first kappa shape index (κ1) is 16.5. The van der Waals surface area contributed by atoms with Gasteiger partial charge in [0.25, 0.3) is 0 Å². The van der Waals surface area contributed by atoms with E-state index in [4.69, 9.17) is 11.6 Å². The number of carbonyl (C=O) groups is 1. The first-order valence-corrected chi connectivity index (χ1v) is 9.11. The lowest BCUT2D eigenvalue weighted by Gasteiger charge is -2.39. The number of fused-ring (bicyclic) bond motifs is 1. The summed E-state index contributed by atoms with van der Waals surface area (Å²) >= 11 is 8.31. The Labute approximate surface area is 146 Å². The van der Waals surface area contributed by atoms with Crippen molar-refractivity contribution < 1.29 is 4.79 Å². The molecule has 1 aliphatic rings. The molecular formula is C19H22ClNOS. The molecule has 1 aliphatic heterocycles. The molecule has 23 heavy (non-hydrogen) atoms. The summed E-state index contributed by atoms with van der Waals surface area (Å²) in [5, 5.41) is 4.46. The van der Waals surface area contributed by atoms with E-state index in [-0.39, 0.29) is 11.3 Å². The third-order valence-corrected chi connectivity index (χ3v) is 6.12. The van der Waals surface area contributed by atoms with Gasteiger partial charge in [0.1, 0.15) is 0 Å². The molecule has 0 bridgehead atoms. The van der Waals surface area contributed by atoms with Crippen LogP contribution in [0.5, 0.6) is 0 Å². The Hall–Kier alpha value is -1.32. The summed E-state index contributed by atoms with van der Waals surface area (Å²) in [4.78, 5) is 13.4. The monoisotopic (exact) mass is 347 g/mol. The SMILES string of the molecule is CC(=O)c1ccc(-c2cc(C)c3c(c2Cl)C(C)CC(C)(C)N3)s1. The highest BCUT2D eigenvalue weighted by Gasteiger charge is 2.33. The fourth-order valence-electron chi connectivity index (χ4n) is 3.56. The van der Waals surface area contributed by atoms with Gasteiger partial charge < -0.3 is 5.32 Å². The molecule has 122 valence electrons. The number of benzene rings is 1. The Balaban J connectivity index is 2.16. The fraction of sp³-hybridized carbons (Fsp3) is 0.421. The Morgan fingerprint density at radius 3 is 2.70 bits per heavy atom. The number of hydrogen-bond acceptors (Lipinski definition) is 3. The zero-order valence-corrected chi connectivity index (χ0v) is 15.8. The lowest BCUT2D eigenvalue weighted by molar-refractivity contribution is 0.102. The maximum Gasteiger partial charge on any atom is 0.169 e. The zero-order chi connectivity index (χ0) is 16.9. The van der Waals surface area contributed by atoms with Crippen LogP contribution in [0.3, 0.4) is 0 Å². The molecular weight excluding hydrogens is 326 g/mol. The second-order valence-corrected chi connectivity index (χ2v) is 8.64. The maximum absolute atomic E-state index is 11.6. The predicted molar refractivity (Wildman–Crippen MR) is 100 cm³/mol. The number of carbonyl (C=O) groups excluding carboxylic acids is 1. The minimum Gasteiger partial charge on any atom is -0.380 e. The van der Waals surface area contributed by atoms with E-state index in [2.05, 4.69) is 39.1 Å². The number of Topliss-reactive ketones (excluding diaryl/α,β-unsaturated/α-hetero) is 1. The molecule has 0 amide bonds. The van der Waals surface area contributed by atoms with Crippen molar-refractivity contribution in [1.82, 2.24) is 0 Å².